The van der Waals surface area contributed by atoms with Crippen molar-refractivity contribution in [2.45, 2.75) is 25.3 Å². The lowest BCUT2D eigenvalue weighted by molar-refractivity contribution is 0.416. The number of nitrogens with zero attached hydrogens (tertiary/aromatic N) is 2. The van der Waals surface area contributed by atoms with Crippen LogP contribution in [0.1, 0.15) is 24.6 Å². The van der Waals surface area contributed by atoms with Gasteiger partial charge in [0.15, 0.2) is 0 Å². The van der Waals surface area contributed by atoms with Crippen molar-refractivity contribution in [2.24, 2.45) is 0 Å². The lowest BCUT2D eigenvalue weighted by Crippen LogP contribution is -2.05. The van der Waals surface area contributed by atoms with Crippen molar-refractivity contribution in [1.82, 2.24) is 9.55 Å². The summed E-state index contributed by atoms with van der Waals surface area (Å²) in [4.78, 5) is 4.75. The topological polar surface area (TPSA) is 53.1 Å². The zero-order valence-corrected chi connectivity index (χ0v) is 13.4. The summed E-state index contributed by atoms with van der Waals surface area (Å²) < 4.78 is 8.32. The quantitative estimate of drug-likeness (QED) is 0.863. The van der Waals surface area contributed by atoms with Crippen molar-refractivity contribution in [3.05, 3.63) is 28.5 Å². The van der Waals surface area contributed by atoms with E-state index in [0.717, 1.165) is 40.1 Å². The Kier molecular flexibility index (Phi) is 3.64. The van der Waals surface area contributed by atoms with E-state index in [9.17, 15) is 0 Å². The monoisotopic (exact) mass is 345 g/mol. The van der Waals surface area contributed by atoms with Gasteiger partial charge in [0, 0.05) is 16.0 Å². The number of aromatic nitrogens is 2. The van der Waals surface area contributed by atoms with Crippen LogP contribution in [0.4, 0.5) is 5.82 Å². The number of rotatable bonds is 4. The largest absolute Gasteiger partial charge is 0.496 e. The molecule has 0 bridgehead atoms. The van der Waals surface area contributed by atoms with Crippen molar-refractivity contribution in [3.8, 4) is 29.4 Å². The van der Waals surface area contributed by atoms with E-state index in [0.29, 0.717) is 18.3 Å². The van der Waals surface area contributed by atoms with Gasteiger partial charge in [0.1, 0.15) is 23.1 Å². The lowest BCUT2D eigenvalue weighted by Gasteiger charge is -2.08. The highest BCUT2D eigenvalue weighted by Crippen LogP contribution is 2.43. The van der Waals surface area contributed by atoms with Gasteiger partial charge < -0.3 is 15.0 Å². The van der Waals surface area contributed by atoms with Gasteiger partial charge in [-0.15, -0.1) is 6.42 Å². The summed E-state index contributed by atoms with van der Waals surface area (Å²) >= 11 is 3.48. The predicted octanol–water partition coefficient (Wildman–Crippen LogP) is 3.41. The van der Waals surface area contributed by atoms with Crippen LogP contribution in [-0.2, 0) is 6.54 Å². The molecule has 0 atom stereocenters. The molecule has 2 aromatic rings. The number of imidazole rings is 1. The summed E-state index contributed by atoms with van der Waals surface area (Å²) in [5.74, 6) is 5.47. The molecule has 0 amide bonds. The highest BCUT2D eigenvalue weighted by molar-refractivity contribution is 9.10. The fraction of sp³-hybridized carbons (Fsp3) is 0.312. The number of nitrogens with two attached hydrogens (primary N) is 1. The number of anilines is 1. The molecule has 1 aromatic heterocycles. The third-order valence-electron chi connectivity index (χ3n) is 3.64. The van der Waals surface area contributed by atoms with Gasteiger partial charge in [-0.25, -0.2) is 4.98 Å². The molecule has 1 aliphatic rings. The van der Waals surface area contributed by atoms with Crippen molar-refractivity contribution in [1.29, 1.82) is 0 Å². The molecule has 4 nitrogen and oxygen atoms in total. The van der Waals surface area contributed by atoms with E-state index < -0.39 is 0 Å². The number of hydrogen-bond donors (Lipinski definition) is 1. The van der Waals surface area contributed by atoms with E-state index in [2.05, 4.69) is 21.9 Å². The average Bonchev–Trinajstić information content (AvgIpc) is 3.26. The Morgan fingerprint density at radius 3 is 2.90 bits per heavy atom. The van der Waals surface area contributed by atoms with E-state index >= 15 is 0 Å². The molecule has 108 valence electrons. The molecule has 0 saturated heterocycles. The summed E-state index contributed by atoms with van der Waals surface area (Å²) in [5.41, 5.74) is 7.91. The summed E-state index contributed by atoms with van der Waals surface area (Å²) in [6, 6.07) is 5.79. The molecule has 0 spiro atoms. The van der Waals surface area contributed by atoms with Crippen molar-refractivity contribution < 1.29 is 4.74 Å². The third kappa shape index (κ3) is 2.52. The first-order chi connectivity index (χ1) is 10.2. The van der Waals surface area contributed by atoms with Crippen LogP contribution < -0.4 is 10.5 Å². The highest BCUT2D eigenvalue weighted by atomic mass is 79.9. The number of methoxy groups -OCH3 is 1. The SMILES string of the molecule is C#CCn1c(C2CC2)nc(-c2cc(Br)ccc2OC)c1N. The van der Waals surface area contributed by atoms with Crippen molar-refractivity contribution in [3.63, 3.8) is 0 Å². The summed E-state index contributed by atoms with van der Waals surface area (Å²) in [5, 5.41) is 0. The van der Waals surface area contributed by atoms with Crippen LogP contribution in [0.5, 0.6) is 5.75 Å². The van der Waals surface area contributed by atoms with Crippen molar-refractivity contribution >= 4 is 21.7 Å². The second-order valence-corrected chi connectivity index (χ2v) is 6.03. The van der Waals surface area contributed by atoms with E-state index in [4.69, 9.17) is 21.9 Å². The number of benzene rings is 1. The lowest BCUT2D eigenvalue weighted by atomic mass is 10.1. The Hall–Kier alpha value is -1.93. The standard InChI is InChI=1S/C16H16BrN3O/c1-3-8-20-15(18)14(19-16(20)10-4-5-10)12-9-11(17)6-7-13(12)21-2/h1,6-7,9-10H,4-5,8,18H2,2H3. The number of terminal acetylenes is 1. The minimum atomic E-state index is 0.445. The Morgan fingerprint density at radius 2 is 2.29 bits per heavy atom. The number of halogens is 1. The Morgan fingerprint density at radius 1 is 1.52 bits per heavy atom. The van der Waals surface area contributed by atoms with Gasteiger partial charge in [-0.05, 0) is 31.0 Å². The van der Waals surface area contributed by atoms with Gasteiger partial charge >= 0.3 is 0 Å². The summed E-state index contributed by atoms with van der Waals surface area (Å²) in [7, 11) is 1.64. The van der Waals surface area contributed by atoms with Gasteiger partial charge in [-0.1, -0.05) is 21.9 Å². The van der Waals surface area contributed by atoms with Crippen LogP contribution in [-0.4, -0.2) is 16.7 Å². The molecule has 3 rings (SSSR count). The van der Waals surface area contributed by atoms with E-state index in [-0.39, 0.29) is 0 Å². The fourth-order valence-electron chi connectivity index (χ4n) is 2.46. The van der Waals surface area contributed by atoms with Gasteiger partial charge in [0.2, 0.25) is 0 Å². The first-order valence-electron chi connectivity index (χ1n) is 6.79. The number of ether oxygens (including phenoxy) is 1. The maximum Gasteiger partial charge on any atom is 0.132 e. The molecule has 1 aliphatic carbocycles. The predicted molar refractivity (Wildman–Crippen MR) is 87.1 cm³/mol. The van der Waals surface area contributed by atoms with Crippen molar-refractivity contribution in [2.75, 3.05) is 12.8 Å². The smallest absolute Gasteiger partial charge is 0.132 e. The molecule has 1 fully saturated rings. The summed E-state index contributed by atoms with van der Waals surface area (Å²) in [6.07, 6.45) is 7.76. The molecule has 2 N–H and O–H groups in total. The molecule has 5 heteroatoms. The van der Waals surface area contributed by atoms with E-state index in [1.807, 2.05) is 22.8 Å². The van der Waals surface area contributed by atoms with Crippen LogP contribution in [0.2, 0.25) is 0 Å². The van der Waals surface area contributed by atoms with Gasteiger partial charge in [-0.2, -0.15) is 0 Å². The van der Waals surface area contributed by atoms with Gasteiger partial charge in [-0.3, -0.25) is 0 Å². The Bertz CT molecular complexity index is 726. The van der Waals surface area contributed by atoms with Crippen LogP contribution in [0.25, 0.3) is 11.3 Å². The van der Waals surface area contributed by atoms with Gasteiger partial charge in [0.25, 0.3) is 0 Å². The maximum atomic E-state index is 6.30. The van der Waals surface area contributed by atoms with Crippen LogP contribution in [0, 0.1) is 12.3 Å². The molecular formula is C16H16BrN3O. The zero-order chi connectivity index (χ0) is 15.0. The Labute approximate surface area is 132 Å². The molecule has 1 saturated carbocycles. The maximum absolute atomic E-state index is 6.30. The summed E-state index contributed by atoms with van der Waals surface area (Å²) in [6.45, 7) is 0.445. The van der Waals surface area contributed by atoms with Crippen LogP contribution in [0.3, 0.4) is 0 Å². The number of nitrogen functional groups attached to an aromatic ring is 1. The molecule has 1 aromatic carbocycles. The van der Waals surface area contributed by atoms with E-state index in [1.54, 1.807) is 7.11 Å². The minimum absolute atomic E-state index is 0.445. The zero-order valence-electron chi connectivity index (χ0n) is 11.8. The molecule has 1 heterocycles. The molecular weight excluding hydrogens is 330 g/mol. The molecule has 21 heavy (non-hydrogen) atoms. The number of hydrogen-bond acceptors (Lipinski definition) is 3. The molecule has 0 radical (unpaired) electrons. The fourth-order valence-corrected chi connectivity index (χ4v) is 2.82. The second kappa shape index (κ2) is 5.45. The van der Waals surface area contributed by atoms with Gasteiger partial charge in [0.05, 0.1) is 13.7 Å². The van der Waals surface area contributed by atoms with E-state index in [1.165, 1.54) is 0 Å². The minimum Gasteiger partial charge on any atom is -0.496 e. The first-order valence-corrected chi connectivity index (χ1v) is 7.58. The average molecular weight is 346 g/mol. The second-order valence-electron chi connectivity index (χ2n) is 5.11. The third-order valence-corrected chi connectivity index (χ3v) is 4.14. The van der Waals surface area contributed by atoms with Crippen LogP contribution in [0.15, 0.2) is 22.7 Å². The first kappa shape index (κ1) is 14.0. The Balaban J connectivity index is 2.17. The molecule has 0 aliphatic heterocycles. The van der Waals surface area contributed by atoms with Crippen LogP contribution >= 0.6 is 15.9 Å². The molecule has 0 unspecified atom stereocenters. The normalized spacial score (nSPS) is 14.0. The highest BCUT2D eigenvalue weighted by Gasteiger charge is 2.31.